The first-order valence-electron chi connectivity index (χ1n) is 17.3. The number of amides is 5. The highest BCUT2D eigenvalue weighted by Gasteiger charge is 2.61. The maximum absolute atomic E-state index is 14.1. The smallest absolute Gasteiger partial charge is 0.330 e. The van der Waals surface area contributed by atoms with E-state index in [9.17, 15) is 34.2 Å². The number of carboxylic acid groups (broad SMARTS) is 1. The van der Waals surface area contributed by atoms with Gasteiger partial charge in [0, 0.05) is 30.5 Å². The molecule has 2 aromatic carbocycles. The number of fused-ring (bicyclic) bond motifs is 1. The number of hydrogen-bond acceptors (Lipinski definition) is 8. The summed E-state index contributed by atoms with van der Waals surface area (Å²) in [6.07, 6.45) is 1.09. The summed E-state index contributed by atoms with van der Waals surface area (Å²) in [5.74, 6) is -3.21. The van der Waals surface area contributed by atoms with Gasteiger partial charge in [0.05, 0.1) is 12.1 Å². The van der Waals surface area contributed by atoms with Gasteiger partial charge in [-0.25, -0.2) is 9.59 Å². The number of carboxylic acids is 1. The number of nitrogens with one attached hydrogen (secondary N) is 4. The summed E-state index contributed by atoms with van der Waals surface area (Å²) >= 11 is 0. The van der Waals surface area contributed by atoms with E-state index in [0.29, 0.717) is 17.7 Å². The number of urea groups is 1. The molecule has 0 bridgehead atoms. The third kappa shape index (κ3) is 6.90. The molecule has 0 radical (unpaired) electrons. The molecule has 1 aliphatic heterocycles. The number of carbonyl (C=O) groups is 5. The largest absolute Gasteiger partial charge is 0.479 e. The maximum atomic E-state index is 14.1. The summed E-state index contributed by atoms with van der Waals surface area (Å²) in [7, 11) is 0. The number of aromatic nitrogens is 1. The predicted molar refractivity (Wildman–Crippen MR) is 189 cm³/mol. The SMILES string of the molecule is C=CC1CC1(NC(=O)C1CC(NC(=O)c2c(-c3ccccc3)noc2C)CN1C(=O)NC(C(=O)NC1c2ccccc2CC1O)C(C)(C)C)C(=O)O. The molecule has 1 saturated heterocycles. The van der Waals surface area contributed by atoms with Crippen molar-refractivity contribution < 1.29 is 38.7 Å². The second-order valence-electron chi connectivity index (χ2n) is 14.9. The van der Waals surface area contributed by atoms with Crippen LogP contribution in [0.1, 0.15) is 66.9 Å². The second kappa shape index (κ2) is 13.9. The number of benzene rings is 2. The van der Waals surface area contributed by atoms with E-state index in [1.807, 2.05) is 30.3 Å². The lowest BCUT2D eigenvalue weighted by molar-refractivity contribution is -0.144. The number of nitrogens with zero attached hydrogens (tertiary/aromatic N) is 2. The Morgan fingerprint density at radius 2 is 1.75 bits per heavy atom. The Labute approximate surface area is 301 Å². The van der Waals surface area contributed by atoms with Crippen LogP contribution in [0.3, 0.4) is 0 Å². The van der Waals surface area contributed by atoms with Gasteiger partial charge in [0.25, 0.3) is 5.91 Å². The van der Waals surface area contributed by atoms with E-state index in [0.717, 1.165) is 11.1 Å². The van der Waals surface area contributed by atoms with Crippen LogP contribution in [0, 0.1) is 18.3 Å². The van der Waals surface area contributed by atoms with E-state index in [-0.39, 0.29) is 30.7 Å². The maximum Gasteiger partial charge on any atom is 0.330 e. The van der Waals surface area contributed by atoms with Gasteiger partial charge in [-0.05, 0) is 36.3 Å². The van der Waals surface area contributed by atoms with Gasteiger partial charge in [0.1, 0.15) is 34.6 Å². The lowest BCUT2D eigenvalue weighted by Crippen LogP contribution is -2.60. The van der Waals surface area contributed by atoms with Crippen molar-refractivity contribution in [3.63, 3.8) is 0 Å². The zero-order valence-electron chi connectivity index (χ0n) is 29.5. The van der Waals surface area contributed by atoms with Gasteiger partial charge in [-0.15, -0.1) is 6.58 Å². The number of likely N-dealkylation sites (tertiary alicyclic amines) is 1. The van der Waals surface area contributed by atoms with Gasteiger partial charge < -0.3 is 40.9 Å². The molecule has 2 heterocycles. The zero-order valence-corrected chi connectivity index (χ0v) is 29.5. The summed E-state index contributed by atoms with van der Waals surface area (Å²) in [6.45, 7) is 10.5. The van der Waals surface area contributed by atoms with E-state index < -0.39 is 76.9 Å². The molecule has 6 N–H and O–H groups in total. The summed E-state index contributed by atoms with van der Waals surface area (Å²) in [6, 6.07) is 12.0. The molecule has 3 aliphatic rings. The number of aryl methyl sites for hydroxylation is 1. The molecule has 2 fully saturated rings. The van der Waals surface area contributed by atoms with Crippen molar-refractivity contribution in [1.82, 2.24) is 31.3 Å². The number of rotatable bonds is 10. The van der Waals surface area contributed by atoms with Crippen LogP contribution in [0.15, 0.2) is 71.8 Å². The minimum atomic E-state index is -1.56. The zero-order chi connectivity index (χ0) is 37.5. The first-order valence-corrected chi connectivity index (χ1v) is 17.3. The van der Waals surface area contributed by atoms with Gasteiger partial charge in [0.15, 0.2) is 0 Å². The molecule has 2 aliphatic carbocycles. The number of aliphatic hydroxyl groups excluding tert-OH is 1. The quantitative estimate of drug-likeness (QED) is 0.171. The molecular weight excluding hydrogens is 668 g/mol. The average molecular weight is 713 g/mol. The van der Waals surface area contributed by atoms with Gasteiger partial charge in [-0.2, -0.15) is 0 Å². The number of aliphatic carboxylic acids is 1. The van der Waals surface area contributed by atoms with E-state index in [1.165, 1.54) is 11.0 Å². The van der Waals surface area contributed by atoms with Crippen LogP contribution in [0.5, 0.6) is 0 Å². The van der Waals surface area contributed by atoms with Crippen molar-refractivity contribution in [3.8, 4) is 11.3 Å². The minimum absolute atomic E-state index is 0.0398. The molecule has 3 aromatic rings. The van der Waals surface area contributed by atoms with E-state index in [2.05, 4.69) is 33.0 Å². The van der Waals surface area contributed by atoms with Crippen molar-refractivity contribution >= 4 is 29.7 Å². The van der Waals surface area contributed by atoms with Crippen LogP contribution in [-0.2, 0) is 20.8 Å². The van der Waals surface area contributed by atoms with Crippen molar-refractivity contribution in [2.24, 2.45) is 11.3 Å². The van der Waals surface area contributed by atoms with Crippen LogP contribution in [0.4, 0.5) is 4.79 Å². The Balaban J connectivity index is 1.24. The van der Waals surface area contributed by atoms with Crippen LogP contribution in [-0.4, -0.2) is 86.3 Å². The summed E-state index contributed by atoms with van der Waals surface area (Å²) < 4.78 is 5.36. The Morgan fingerprint density at radius 1 is 1.06 bits per heavy atom. The molecule has 274 valence electrons. The predicted octanol–water partition coefficient (Wildman–Crippen LogP) is 2.87. The standard InChI is InChI=1S/C38H44N6O8/c1-6-23-18-38(23,35(49)50)42-32(46)26-17-24(39-33(47)28-20(2)52-43-29(28)21-12-8-7-9-13-21)19-44(26)36(51)41-31(37(3,4)5)34(48)40-30-25-15-11-10-14-22(25)16-27(30)45/h6-15,23-24,26-27,30-31,45H,1,16-19H2,2-5H3,(H,39,47)(H,40,48)(H,41,51)(H,42,46)(H,49,50). The molecule has 7 unspecified atom stereocenters. The second-order valence-corrected chi connectivity index (χ2v) is 14.9. The van der Waals surface area contributed by atoms with E-state index in [1.54, 1.807) is 52.0 Å². The fraction of sp³-hybridized carbons (Fsp3) is 0.421. The van der Waals surface area contributed by atoms with Crippen molar-refractivity contribution in [2.45, 2.75) is 82.8 Å². The van der Waals surface area contributed by atoms with Gasteiger partial charge >= 0.3 is 12.0 Å². The van der Waals surface area contributed by atoms with Crippen LogP contribution in [0.2, 0.25) is 0 Å². The molecule has 52 heavy (non-hydrogen) atoms. The fourth-order valence-corrected chi connectivity index (χ4v) is 7.29. The summed E-state index contributed by atoms with van der Waals surface area (Å²) in [5, 5.41) is 36.1. The molecule has 14 nitrogen and oxygen atoms in total. The highest BCUT2D eigenvalue weighted by Crippen LogP contribution is 2.45. The highest BCUT2D eigenvalue weighted by atomic mass is 16.5. The van der Waals surface area contributed by atoms with Gasteiger partial charge in [-0.3, -0.25) is 14.4 Å². The molecule has 1 aromatic heterocycles. The molecule has 5 amide bonds. The Hall–Kier alpha value is -5.50. The molecular formula is C38H44N6O8. The molecule has 14 heteroatoms. The first kappa shape index (κ1) is 36.3. The van der Waals surface area contributed by atoms with Crippen molar-refractivity contribution in [1.29, 1.82) is 0 Å². The molecule has 7 atom stereocenters. The third-order valence-electron chi connectivity index (χ3n) is 10.3. The monoisotopic (exact) mass is 712 g/mol. The Kier molecular flexibility index (Phi) is 9.71. The lowest BCUT2D eigenvalue weighted by Gasteiger charge is -2.34. The first-order chi connectivity index (χ1) is 24.6. The molecule has 6 rings (SSSR count). The van der Waals surface area contributed by atoms with Gasteiger partial charge in [-0.1, -0.05) is 86.6 Å². The average Bonchev–Trinajstić information content (AvgIpc) is 3.31. The fourth-order valence-electron chi connectivity index (χ4n) is 7.29. The van der Waals surface area contributed by atoms with Crippen LogP contribution in [0.25, 0.3) is 11.3 Å². The van der Waals surface area contributed by atoms with Gasteiger partial charge in [0.2, 0.25) is 11.8 Å². The Bertz CT molecular complexity index is 1900. The summed E-state index contributed by atoms with van der Waals surface area (Å²) in [4.78, 5) is 69.0. The van der Waals surface area contributed by atoms with E-state index in [4.69, 9.17) is 4.52 Å². The highest BCUT2D eigenvalue weighted by molar-refractivity contribution is 6.01. The number of carbonyl (C=O) groups excluding carboxylic acids is 4. The Morgan fingerprint density at radius 3 is 2.40 bits per heavy atom. The van der Waals surface area contributed by atoms with Crippen LogP contribution < -0.4 is 21.3 Å². The van der Waals surface area contributed by atoms with Crippen LogP contribution >= 0.6 is 0 Å². The van der Waals surface area contributed by atoms with Crippen molar-refractivity contribution in [3.05, 3.63) is 89.7 Å². The lowest BCUT2D eigenvalue weighted by atomic mass is 9.86. The number of hydrogen-bond donors (Lipinski definition) is 6. The minimum Gasteiger partial charge on any atom is -0.479 e. The topological polar surface area (TPSA) is 203 Å². The van der Waals surface area contributed by atoms with E-state index >= 15 is 0 Å². The van der Waals surface area contributed by atoms with Crippen molar-refractivity contribution in [2.75, 3.05) is 6.54 Å². The summed E-state index contributed by atoms with van der Waals surface area (Å²) in [5.41, 5.74) is 0.535. The normalized spacial score (nSPS) is 25.4. The molecule has 1 saturated carbocycles. The number of aliphatic hydroxyl groups is 1. The molecule has 0 spiro atoms. The third-order valence-corrected chi connectivity index (χ3v) is 10.3.